The van der Waals surface area contributed by atoms with Crippen molar-refractivity contribution < 1.29 is 14.6 Å². The van der Waals surface area contributed by atoms with Gasteiger partial charge in [0.2, 0.25) is 0 Å². The number of Topliss-reactive ketones (excluding diaryl/α,β-unsaturated/α-hetero) is 1. The van der Waals surface area contributed by atoms with Gasteiger partial charge in [-0.15, -0.1) is 0 Å². The Morgan fingerprint density at radius 1 is 1.26 bits per heavy atom. The molecule has 0 heterocycles. The topological polar surface area (TPSA) is 72.5 Å². The molecule has 0 aliphatic carbocycles. The van der Waals surface area contributed by atoms with E-state index < -0.39 is 0 Å². The molecule has 0 saturated carbocycles. The van der Waals surface area contributed by atoms with E-state index >= 15 is 0 Å². The van der Waals surface area contributed by atoms with Gasteiger partial charge in [-0.05, 0) is 25.1 Å². The van der Waals surface area contributed by atoms with E-state index in [9.17, 15) is 9.90 Å². The molecule has 2 rings (SSSR count). The zero-order chi connectivity index (χ0) is 13.8. The summed E-state index contributed by atoms with van der Waals surface area (Å²) in [5.74, 6) is 0.673. The molecule has 98 valence electrons. The lowest BCUT2D eigenvalue weighted by Gasteiger charge is -2.09. The highest BCUT2D eigenvalue weighted by molar-refractivity contribution is 5.99. The molecule has 0 bridgehead atoms. The zero-order valence-electron chi connectivity index (χ0n) is 10.6. The summed E-state index contributed by atoms with van der Waals surface area (Å²) in [6.45, 7) is 1.71. The molecular formula is C15H15NO3. The standard InChI is InChI=1S/C15H15NO3/c1-10(17)13-7-6-12(8-14(13)16)19-9-11-4-2-3-5-15(11)18/h2-8,18H,9,16H2,1H3. The maximum absolute atomic E-state index is 11.2. The third kappa shape index (κ3) is 3.04. The Kier molecular flexibility index (Phi) is 3.71. The van der Waals surface area contributed by atoms with E-state index in [0.717, 1.165) is 0 Å². The lowest BCUT2D eigenvalue weighted by atomic mass is 10.1. The number of phenolic OH excluding ortho intramolecular Hbond substituents is 1. The van der Waals surface area contributed by atoms with Crippen molar-refractivity contribution in [3.63, 3.8) is 0 Å². The number of anilines is 1. The summed E-state index contributed by atoms with van der Waals surface area (Å²) < 4.78 is 5.54. The number of phenols is 1. The number of ether oxygens (including phenoxy) is 1. The number of nitrogens with two attached hydrogens (primary N) is 1. The molecule has 0 fully saturated rings. The van der Waals surface area contributed by atoms with Gasteiger partial charge in [0.05, 0.1) is 0 Å². The minimum Gasteiger partial charge on any atom is -0.508 e. The third-order valence-corrected chi connectivity index (χ3v) is 2.79. The van der Waals surface area contributed by atoms with Crippen LogP contribution in [-0.2, 0) is 6.61 Å². The molecule has 0 saturated heterocycles. The van der Waals surface area contributed by atoms with Gasteiger partial charge in [0.25, 0.3) is 0 Å². The van der Waals surface area contributed by atoms with Crippen LogP contribution < -0.4 is 10.5 Å². The smallest absolute Gasteiger partial charge is 0.161 e. The molecule has 4 heteroatoms. The van der Waals surface area contributed by atoms with E-state index in [-0.39, 0.29) is 18.1 Å². The van der Waals surface area contributed by atoms with Crippen LogP contribution in [0, 0.1) is 0 Å². The van der Waals surface area contributed by atoms with Crippen LogP contribution in [-0.4, -0.2) is 10.9 Å². The van der Waals surface area contributed by atoms with E-state index in [2.05, 4.69) is 0 Å². The van der Waals surface area contributed by atoms with E-state index in [0.29, 0.717) is 22.6 Å². The zero-order valence-corrected chi connectivity index (χ0v) is 10.6. The summed E-state index contributed by atoms with van der Waals surface area (Å²) in [5, 5.41) is 9.61. The number of carbonyl (C=O) groups is 1. The van der Waals surface area contributed by atoms with Gasteiger partial charge in [-0.25, -0.2) is 0 Å². The first-order chi connectivity index (χ1) is 9.08. The van der Waals surface area contributed by atoms with E-state index in [4.69, 9.17) is 10.5 Å². The van der Waals surface area contributed by atoms with Gasteiger partial charge >= 0.3 is 0 Å². The molecular weight excluding hydrogens is 242 g/mol. The van der Waals surface area contributed by atoms with Crippen LogP contribution in [0.15, 0.2) is 42.5 Å². The maximum Gasteiger partial charge on any atom is 0.161 e. The molecule has 0 aliphatic rings. The largest absolute Gasteiger partial charge is 0.508 e. The highest BCUT2D eigenvalue weighted by Crippen LogP contribution is 2.23. The highest BCUT2D eigenvalue weighted by atomic mass is 16.5. The normalized spacial score (nSPS) is 10.2. The van der Waals surface area contributed by atoms with Crippen LogP contribution in [0.3, 0.4) is 0 Å². The summed E-state index contributed by atoms with van der Waals surface area (Å²) in [6.07, 6.45) is 0. The Labute approximate surface area is 111 Å². The number of benzene rings is 2. The van der Waals surface area contributed by atoms with Crippen LogP contribution in [0.4, 0.5) is 5.69 Å². The van der Waals surface area contributed by atoms with Crippen LogP contribution >= 0.6 is 0 Å². The number of para-hydroxylation sites is 1. The summed E-state index contributed by atoms with van der Waals surface area (Å²) >= 11 is 0. The minimum absolute atomic E-state index is 0.0789. The van der Waals surface area contributed by atoms with Crippen molar-refractivity contribution in [3.05, 3.63) is 53.6 Å². The van der Waals surface area contributed by atoms with Gasteiger partial charge in [0.15, 0.2) is 5.78 Å². The van der Waals surface area contributed by atoms with Crippen molar-refractivity contribution in [2.24, 2.45) is 0 Å². The first-order valence-electron chi connectivity index (χ1n) is 5.88. The lowest BCUT2D eigenvalue weighted by molar-refractivity contribution is 0.101. The van der Waals surface area contributed by atoms with Gasteiger partial charge in [-0.3, -0.25) is 4.79 Å². The van der Waals surface area contributed by atoms with Crippen LogP contribution in [0.1, 0.15) is 22.8 Å². The van der Waals surface area contributed by atoms with Crippen molar-refractivity contribution in [1.82, 2.24) is 0 Å². The fraction of sp³-hybridized carbons (Fsp3) is 0.133. The van der Waals surface area contributed by atoms with E-state index in [1.54, 1.807) is 36.4 Å². The monoisotopic (exact) mass is 257 g/mol. The van der Waals surface area contributed by atoms with Crippen molar-refractivity contribution in [2.75, 3.05) is 5.73 Å². The number of hydrogen-bond acceptors (Lipinski definition) is 4. The molecule has 2 aromatic rings. The van der Waals surface area contributed by atoms with Gasteiger partial charge in [0, 0.05) is 22.9 Å². The fourth-order valence-electron chi connectivity index (χ4n) is 1.75. The molecule has 2 aromatic carbocycles. The molecule has 0 aromatic heterocycles. The average Bonchev–Trinajstić information content (AvgIpc) is 2.37. The quantitative estimate of drug-likeness (QED) is 0.652. The first kappa shape index (κ1) is 13.0. The molecule has 0 radical (unpaired) electrons. The average molecular weight is 257 g/mol. The Hall–Kier alpha value is -2.49. The van der Waals surface area contributed by atoms with Gasteiger partial charge < -0.3 is 15.6 Å². The van der Waals surface area contributed by atoms with Crippen LogP contribution in [0.5, 0.6) is 11.5 Å². The van der Waals surface area contributed by atoms with Crippen molar-refractivity contribution in [3.8, 4) is 11.5 Å². The predicted octanol–water partition coefficient (Wildman–Crippen LogP) is 2.76. The Morgan fingerprint density at radius 3 is 2.63 bits per heavy atom. The van der Waals surface area contributed by atoms with Crippen molar-refractivity contribution >= 4 is 11.5 Å². The number of carbonyl (C=O) groups excluding carboxylic acids is 1. The molecule has 0 amide bonds. The molecule has 0 atom stereocenters. The molecule has 3 N–H and O–H groups in total. The number of nitrogen functional groups attached to an aromatic ring is 1. The summed E-state index contributed by atoms with van der Waals surface area (Å²) in [5.41, 5.74) is 7.33. The Bertz CT molecular complexity index is 608. The Morgan fingerprint density at radius 2 is 2.00 bits per heavy atom. The molecule has 0 spiro atoms. The lowest BCUT2D eigenvalue weighted by Crippen LogP contribution is -2.01. The number of ketones is 1. The SMILES string of the molecule is CC(=O)c1ccc(OCc2ccccc2O)cc1N. The van der Waals surface area contributed by atoms with Crippen LogP contribution in [0.2, 0.25) is 0 Å². The number of aromatic hydroxyl groups is 1. The summed E-state index contributed by atoms with van der Waals surface area (Å²) in [4.78, 5) is 11.2. The second-order valence-corrected chi connectivity index (χ2v) is 4.22. The van der Waals surface area contributed by atoms with Crippen molar-refractivity contribution in [2.45, 2.75) is 13.5 Å². The van der Waals surface area contributed by atoms with Gasteiger partial charge in [-0.1, -0.05) is 18.2 Å². The summed E-state index contributed by atoms with van der Waals surface area (Å²) in [6, 6.07) is 11.9. The van der Waals surface area contributed by atoms with Gasteiger partial charge in [0.1, 0.15) is 18.1 Å². The second-order valence-electron chi connectivity index (χ2n) is 4.22. The fourth-order valence-corrected chi connectivity index (χ4v) is 1.75. The second kappa shape index (κ2) is 5.44. The van der Waals surface area contributed by atoms with Crippen LogP contribution in [0.25, 0.3) is 0 Å². The predicted molar refractivity (Wildman–Crippen MR) is 73.3 cm³/mol. The van der Waals surface area contributed by atoms with Gasteiger partial charge in [-0.2, -0.15) is 0 Å². The molecule has 0 unspecified atom stereocenters. The van der Waals surface area contributed by atoms with Crippen molar-refractivity contribution in [1.29, 1.82) is 0 Å². The minimum atomic E-state index is -0.0789. The number of hydrogen-bond donors (Lipinski definition) is 2. The molecule has 4 nitrogen and oxygen atoms in total. The Balaban J connectivity index is 2.11. The highest BCUT2D eigenvalue weighted by Gasteiger charge is 2.06. The van der Waals surface area contributed by atoms with E-state index in [1.807, 2.05) is 6.07 Å². The van der Waals surface area contributed by atoms with E-state index in [1.165, 1.54) is 6.92 Å². The maximum atomic E-state index is 11.2. The molecule has 19 heavy (non-hydrogen) atoms. The third-order valence-electron chi connectivity index (χ3n) is 2.79. The first-order valence-corrected chi connectivity index (χ1v) is 5.88. The number of rotatable bonds is 4. The summed E-state index contributed by atoms with van der Waals surface area (Å²) in [7, 11) is 0. The molecule has 0 aliphatic heterocycles.